The van der Waals surface area contributed by atoms with Crippen molar-refractivity contribution in [1.82, 2.24) is 14.5 Å². The predicted octanol–water partition coefficient (Wildman–Crippen LogP) is 1.47. The van der Waals surface area contributed by atoms with Crippen LogP contribution in [-0.2, 0) is 0 Å². The number of hydrogen-bond acceptors (Lipinski definition) is 4. The molecule has 2 aliphatic rings. The molecule has 1 N–H and O–H groups in total. The van der Waals surface area contributed by atoms with E-state index in [2.05, 4.69) is 15.2 Å². The summed E-state index contributed by atoms with van der Waals surface area (Å²) in [6.07, 6.45) is 7.25. The zero-order chi connectivity index (χ0) is 13.4. The van der Waals surface area contributed by atoms with Gasteiger partial charge in [-0.3, -0.25) is 9.69 Å². The first kappa shape index (κ1) is 12.7. The van der Waals surface area contributed by atoms with Crippen LogP contribution in [0, 0.1) is 0 Å². The Morgan fingerprint density at radius 3 is 2.84 bits per heavy atom. The number of nitrogens with zero attached hydrogens (tertiary/aromatic N) is 3. The molecule has 1 saturated heterocycles. The van der Waals surface area contributed by atoms with E-state index in [-0.39, 0.29) is 11.6 Å². The van der Waals surface area contributed by atoms with Crippen LogP contribution in [0.2, 0.25) is 0 Å². The van der Waals surface area contributed by atoms with Crippen molar-refractivity contribution in [3.63, 3.8) is 0 Å². The monoisotopic (exact) mass is 262 g/mol. The average molecular weight is 262 g/mol. The van der Waals surface area contributed by atoms with Gasteiger partial charge in [-0.15, -0.1) is 0 Å². The van der Waals surface area contributed by atoms with Crippen molar-refractivity contribution >= 4 is 5.82 Å². The molecule has 5 heteroatoms. The van der Waals surface area contributed by atoms with E-state index in [1.54, 1.807) is 17.0 Å². The van der Waals surface area contributed by atoms with Crippen LogP contribution in [0.5, 0.6) is 0 Å². The van der Waals surface area contributed by atoms with Crippen LogP contribution in [0.4, 0.5) is 5.82 Å². The molecule has 1 saturated carbocycles. The van der Waals surface area contributed by atoms with Crippen molar-refractivity contribution in [1.29, 1.82) is 0 Å². The second-order valence-electron chi connectivity index (χ2n) is 5.94. The standard InChI is InChI=1S/C14H22N4O/c1-10(2)18-8-6-15-13(14(18)19)16-11-5-7-17(9-11)12-3-4-12/h6,8,10-12H,3-5,7,9H2,1-2H3,(H,15,16). The lowest BCUT2D eigenvalue weighted by Gasteiger charge is -2.17. The Bertz CT molecular complexity index is 506. The summed E-state index contributed by atoms with van der Waals surface area (Å²) in [5.74, 6) is 0.499. The summed E-state index contributed by atoms with van der Waals surface area (Å²) in [5, 5.41) is 3.33. The second-order valence-corrected chi connectivity index (χ2v) is 5.94. The van der Waals surface area contributed by atoms with Gasteiger partial charge in [0.05, 0.1) is 0 Å². The SMILES string of the molecule is CC(C)n1ccnc(NC2CCN(C3CC3)C2)c1=O. The highest BCUT2D eigenvalue weighted by atomic mass is 16.1. The molecule has 1 aliphatic heterocycles. The second kappa shape index (κ2) is 4.96. The average Bonchev–Trinajstić information content (AvgIpc) is 3.12. The molecule has 5 nitrogen and oxygen atoms in total. The lowest BCUT2D eigenvalue weighted by Crippen LogP contribution is -2.32. The molecule has 0 amide bonds. The van der Waals surface area contributed by atoms with Crippen LogP contribution >= 0.6 is 0 Å². The number of hydrogen-bond donors (Lipinski definition) is 1. The maximum atomic E-state index is 12.3. The van der Waals surface area contributed by atoms with E-state index in [1.165, 1.54) is 12.8 Å². The maximum absolute atomic E-state index is 12.3. The zero-order valence-electron chi connectivity index (χ0n) is 11.7. The topological polar surface area (TPSA) is 50.2 Å². The third-order valence-corrected chi connectivity index (χ3v) is 4.05. The van der Waals surface area contributed by atoms with Crippen LogP contribution < -0.4 is 10.9 Å². The van der Waals surface area contributed by atoms with Gasteiger partial charge in [-0.05, 0) is 33.1 Å². The molecule has 3 rings (SSSR count). The van der Waals surface area contributed by atoms with E-state index in [0.29, 0.717) is 11.9 Å². The van der Waals surface area contributed by atoms with E-state index in [0.717, 1.165) is 25.6 Å². The summed E-state index contributed by atoms with van der Waals surface area (Å²) in [7, 11) is 0. The van der Waals surface area contributed by atoms with E-state index < -0.39 is 0 Å². The van der Waals surface area contributed by atoms with E-state index in [9.17, 15) is 4.79 Å². The number of rotatable bonds is 4. The van der Waals surface area contributed by atoms with E-state index in [4.69, 9.17) is 0 Å². The highest BCUT2D eigenvalue weighted by Gasteiger charge is 2.34. The Labute approximate surface area is 113 Å². The molecule has 1 aromatic heterocycles. The molecule has 1 atom stereocenters. The van der Waals surface area contributed by atoms with Crippen LogP contribution in [-0.4, -0.2) is 39.6 Å². The van der Waals surface area contributed by atoms with Gasteiger partial charge in [0.2, 0.25) is 0 Å². The molecule has 0 bridgehead atoms. The zero-order valence-corrected chi connectivity index (χ0v) is 11.7. The molecule has 2 heterocycles. The third-order valence-electron chi connectivity index (χ3n) is 4.05. The van der Waals surface area contributed by atoms with Crippen molar-refractivity contribution in [2.24, 2.45) is 0 Å². The van der Waals surface area contributed by atoms with Gasteiger partial charge in [0.1, 0.15) is 0 Å². The van der Waals surface area contributed by atoms with Gasteiger partial charge in [-0.1, -0.05) is 0 Å². The normalized spacial score (nSPS) is 24.1. The number of likely N-dealkylation sites (tertiary alicyclic amines) is 1. The lowest BCUT2D eigenvalue weighted by atomic mass is 10.2. The predicted molar refractivity (Wildman–Crippen MR) is 75.5 cm³/mol. The van der Waals surface area contributed by atoms with E-state index >= 15 is 0 Å². The third kappa shape index (κ3) is 2.66. The molecule has 0 radical (unpaired) electrons. The summed E-state index contributed by atoms with van der Waals surface area (Å²) in [6, 6.07) is 1.34. The van der Waals surface area contributed by atoms with Gasteiger partial charge in [0.15, 0.2) is 5.82 Å². The van der Waals surface area contributed by atoms with Crippen molar-refractivity contribution in [2.45, 2.75) is 51.2 Å². The van der Waals surface area contributed by atoms with Crippen molar-refractivity contribution < 1.29 is 0 Å². The van der Waals surface area contributed by atoms with Crippen LogP contribution in [0.1, 0.15) is 39.2 Å². The summed E-state index contributed by atoms with van der Waals surface area (Å²) in [6.45, 7) is 6.21. The van der Waals surface area contributed by atoms with Gasteiger partial charge in [0.25, 0.3) is 5.56 Å². The smallest absolute Gasteiger partial charge is 0.293 e. The molecule has 1 unspecified atom stereocenters. The summed E-state index contributed by atoms with van der Waals surface area (Å²) < 4.78 is 1.73. The summed E-state index contributed by atoms with van der Waals surface area (Å²) in [4.78, 5) is 19.0. The Hall–Kier alpha value is -1.36. The highest BCUT2D eigenvalue weighted by molar-refractivity contribution is 5.33. The molecule has 2 fully saturated rings. The van der Waals surface area contributed by atoms with Crippen molar-refractivity contribution in [3.05, 3.63) is 22.7 Å². The maximum Gasteiger partial charge on any atom is 0.293 e. The Morgan fingerprint density at radius 1 is 1.37 bits per heavy atom. The molecule has 1 aliphatic carbocycles. The molecular formula is C14H22N4O. The first-order valence-corrected chi connectivity index (χ1v) is 7.23. The first-order chi connectivity index (χ1) is 9.15. The minimum atomic E-state index is -0.0117. The Balaban J connectivity index is 1.70. The van der Waals surface area contributed by atoms with Gasteiger partial charge in [0, 0.05) is 43.6 Å². The molecule has 1 aromatic rings. The van der Waals surface area contributed by atoms with Crippen LogP contribution in [0.3, 0.4) is 0 Å². The number of nitrogens with one attached hydrogen (secondary N) is 1. The van der Waals surface area contributed by atoms with Crippen molar-refractivity contribution in [3.8, 4) is 0 Å². The summed E-state index contributed by atoms with van der Waals surface area (Å²) >= 11 is 0. The summed E-state index contributed by atoms with van der Waals surface area (Å²) in [5.41, 5.74) is -0.0117. The van der Waals surface area contributed by atoms with Gasteiger partial charge in [-0.2, -0.15) is 0 Å². The van der Waals surface area contributed by atoms with Gasteiger partial charge >= 0.3 is 0 Å². The first-order valence-electron chi connectivity index (χ1n) is 7.23. The fraction of sp³-hybridized carbons (Fsp3) is 0.714. The minimum Gasteiger partial charge on any atom is -0.361 e. The quantitative estimate of drug-likeness (QED) is 0.893. The molecule has 104 valence electrons. The van der Waals surface area contributed by atoms with Crippen LogP contribution in [0.15, 0.2) is 17.2 Å². The molecule has 0 spiro atoms. The number of anilines is 1. The lowest BCUT2D eigenvalue weighted by molar-refractivity contribution is 0.326. The Morgan fingerprint density at radius 2 is 2.16 bits per heavy atom. The molecule has 0 aromatic carbocycles. The fourth-order valence-electron chi connectivity index (χ4n) is 2.80. The highest BCUT2D eigenvalue weighted by Crippen LogP contribution is 2.30. The van der Waals surface area contributed by atoms with E-state index in [1.807, 2.05) is 13.8 Å². The van der Waals surface area contributed by atoms with Crippen LogP contribution in [0.25, 0.3) is 0 Å². The van der Waals surface area contributed by atoms with Crippen molar-refractivity contribution in [2.75, 3.05) is 18.4 Å². The largest absolute Gasteiger partial charge is 0.361 e. The molecular weight excluding hydrogens is 240 g/mol. The minimum absolute atomic E-state index is 0.0117. The van der Waals surface area contributed by atoms with Gasteiger partial charge < -0.3 is 9.88 Å². The fourth-order valence-corrected chi connectivity index (χ4v) is 2.80. The Kier molecular flexibility index (Phi) is 3.31. The van der Waals surface area contributed by atoms with Gasteiger partial charge in [-0.25, -0.2) is 4.98 Å². The number of aromatic nitrogens is 2. The molecule has 19 heavy (non-hydrogen) atoms.